The van der Waals surface area contributed by atoms with Crippen LogP contribution in [0.2, 0.25) is 0 Å². The van der Waals surface area contributed by atoms with Crippen LogP contribution >= 0.6 is 0 Å². The van der Waals surface area contributed by atoms with E-state index in [4.69, 9.17) is 10.5 Å². The van der Waals surface area contributed by atoms with Gasteiger partial charge >= 0.3 is 0 Å². The van der Waals surface area contributed by atoms with Crippen molar-refractivity contribution in [2.45, 2.75) is 37.9 Å². The van der Waals surface area contributed by atoms with Crippen molar-refractivity contribution in [2.24, 2.45) is 5.73 Å². The summed E-state index contributed by atoms with van der Waals surface area (Å²) in [6.45, 7) is 3.23. The van der Waals surface area contributed by atoms with Gasteiger partial charge in [0, 0.05) is 26.7 Å². The van der Waals surface area contributed by atoms with Gasteiger partial charge in [0.2, 0.25) is 5.91 Å². The summed E-state index contributed by atoms with van der Waals surface area (Å²) in [5.74, 6) is 0.0114. The zero-order valence-corrected chi connectivity index (χ0v) is 10.1. The minimum absolute atomic E-state index is 0.0114. The first kappa shape index (κ1) is 13.4. The molecule has 1 saturated heterocycles. The number of ether oxygens (including phenoxy) is 1. The second-order valence-electron chi connectivity index (χ2n) is 4.71. The Labute approximate surface area is 96.6 Å². The molecule has 1 aliphatic rings. The minimum atomic E-state index is -0.751. The third kappa shape index (κ3) is 3.73. The van der Waals surface area contributed by atoms with E-state index in [0.29, 0.717) is 19.5 Å². The standard InChI is InChI=1S/C11H22N2O3/c1-11(15)4-3-5-13(8-11)10(14)6-9(7-12)16-2/h9,15H,3-8,12H2,1-2H3. The maximum absolute atomic E-state index is 11.9. The fourth-order valence-electron chi connectivity index (χ4n) is 2.02. The molecule has 5 nitrogen and oxygen atoms in total. The number of β-amino-alcohol motifs (C(OH)–C–C–N with tert-alkyl or cyclic N) is 1. The van der Waals surface area contributed by atoms with Gasteiger partial charge in [0.15, 0.2) is 0 Å². The van der Waals surface area contributed by atoms with Crippen molar-refractivity contribution in [3.63, 3.8) is 0 Å². The van der Waals surface area contributed by atoms with Crippen LogP contribution in [0, 0.1) is 0 Å². The van der Waals surface area contributed by atoms with E-state index in [2.05, 4.69) is 0 Å². The van der Waals surface area contributed by atoms with Crippen LogP contribution in [0.25, 0.3) is 0 Å². The number of piperidine rings is 1. The van der Waals surface area contributed by atoms with Crippen molar-refractivity contribution in [1.29, 1.82) is 0 Å². The Balaban J connectivity index is 2.47. The van der Waals surface area contributed by atoms with E-state index in [1.54, 1.807) is 18.9 Å². The van der Waals surface area contributed by atoms with Gasteiger partial charge in [0.05, 0.1) is 18.1 Å². The molecule has 0 bridgehead atoms. The van der Waals surface area contributed by atoms with Gasteiger partial charge < -0.3 is 20.5 Å². The van der Waals surface area contributed by atoms with Gasteiger partial charge in [-0.1, -0.05) is 0 Å². The van der Waals surface area contributed by atoms with Crippen molar-refractivity contribution >= 4 is 5.91 Å². The van der Waals surface area contributed by atoms with Crippen molar-refractivity contribution in [3.05, 3.63) is 0 Å². The van der Waals surface area contributed by atoms with Gasteiger partial charge in [-0.15, -0.1) is 0 Å². The average Bonchev–Trinajstić information content (AvgIpc) is 2.24. The molecule has 1 fully saturated rings. The first-order valence-electron chi connectivity index (χ1n) is 5.71. The number of carbonyl (C=O) groups excluding carboxylic acids is 1. The number of methoxy groups -OCH3 is 1. The van der Waals surface area contributed by atoms with Crippen LogP contribution in [-0.2, 0) is 9.53 Å². The third-order valence-corrected chi connectivity index (χ3v) is 3.03. The fourth-order valence-corrected chi connectivity index (χ4v) is 2.02. The van der Waals surface area contributed by atoms with E-state index in [-0.39, 0.29) is 12.0 Å². The highest BCUT2D eigenvalue weighted by molar-refractivity contribution is 5.77. The smallest absolute Gasteiger partial charge is 0.225 e. The molecule has 0 aromatic heterocycles. The number of hydrogen-bond acceptors (Lipinski definition) is 4. The zero-order valence-electron chi connectivity index (χ0n) is 10.1. The lowest BCUT2D eigenvalue weighted by Crippen LogP contribution is -2.49. The van der Waals surface area contributed by atoms with Crippen LogP contribution in [0.3, 0.4) is 0 Å². The van der Waals surface area contributed by atoms with Crippen molar-refractivity contribution in [3.8, 4) is 0 Å². The summed E-state index contributed by atoms with van der Waals surface area (Å²) >= 11 is 0. The number of carbonyl (C=O) groups is 1. The van der Waals surface area contributed by atoms with Gasteiger partial charge in [-0.25, -0.2) is 0 Å². The van der Waals surface area contributed by atoms with E-state index in [1.807, 2.05) is 0 Å². The number of aliphatic hydroxyl groups is 1. The van der Waals surface area contributed by atoms with Gasteiger partial charge in [0.25, 0.3) is 0 Å². The molecule has 1 aliphatic heterocycles. The molecule has 0 saturated carbocycles. The van der Waals surface area contributed by atoms with Crippen molar-refractivity contribution < 1.29 is 14.6 Å². The van der Waals surface area contributed by atoms with Crippen LogP contribution in [-0.4, -0.2) is 54.4 Å². The quantitative estimate of drug-likeness (QED) is 0.696. The Morgan fingerprint density at radius 3 is 2.88 bits per heavy atom. The van der Waals surface area contributed by atoms with Crippen LogP contribution in [0.15, 0.2) is 0 Å². The second-order valence-corrected chi connectivity index (χ2v) is 4.71. The first-order chi connectivity index (χ1) is 7.48. The van der Waals surface area contributed by atoms with E-state index < -0.39 is 5.60 Å². The maximum Gasteiger partial charge on any atom is 0.225 e. The second kappa shape index (κ2) is 5.61. The predicted octanol–water partition coefficient (Wildman–Crippen LogP) is -0.276. The molecule has 16 heavy (non-hydrogen) atoms. The van der Waals surface area contributed by atoms with E-state index >= 15 is 0 Å². The highest BCUT2D eigenvalue weighted by atomic mass is 16.5. The molecule has 5 heteroatoms. The molecular weight excluding hydrogens is 208 g/mol. The van der Waals surface area contributed by atoms with Crippen LogP contribution in [0.1, 0.15) is 26.2 Å². The molecule has 0 aromatic rings. The minimum Gasteiger partial charge on any atom is -0.388 e. The summed E-state index contributed by atoms with van der Waals surface area (Å²) in [6, 6.07) is 0. The van der Waals surface area contributed by atoms with Gasteiger partial charge in [-0.05, 0) is 19.8 Å². The van der Waals surface area contributed by atoms with E-state index in [0.717, 1.165) is 19.4 Å². The largest absolute Gasteiger partial charge is 0.388 e. The van der Waals surface area contributed by atoms with Gasteiger partial charge in [0.1, 0.15) is 0 Å². The molecule has 1 heterocycles. The molecule has 2 unspecified atom stereocenters. The molecule has 0 spiro atoms. The average molecular weight is 230 g/mol. The van der Waals surface area contributed by atoms with Crippen LogP contribution in [0.5, 0.6) is 0 Å². The lowest BCUT2D eigenvalue weighted by molar-refractivity contribution is -0.139. The van der Waals surface area contributed by atoms with E-state index in [9.17, 15) is 9.90 Å². The number of likely N-dealkylation sites (tertiary alicyclic amines) is 1. The molecule has 1 amide bonds. The highest BCUT2D eigenvalue weighted by Gasteiger charge is 2.31. The summed E-state index contributed by atoms with van der Waals surface area (Å²) < 4.78 is 5.08. The molecule has 0 radical (unpaired) electrons. The Hall–Kier alpha value is -0.650. The molecule has 1 rings (SSSR count). The monoisotopic (exact) mass is 230 g/mol. The normalized spacial score (nSPS) is 27.9. The molecule has 3 N–H and O–H groups in total. The molecular formula is C11H22N2O3. The number of hydrogen-bond donors (Lipinski definition) is 2. The highest BCUT2D eigenvalue weighted by Crippen LogP contribution is 2.21. The van der Waals surface area contributed by atoms with E-state index in [1.165, 1.54) is 0 Å². The summed E-state index contributed by atoms with van der Waals surface area (Å²) in [5, 5.41) is 9.89. The van der Waals surface area contributed by atoms with Crippen LogP contribution in [0.4, 0.5) is 0 Å². The molecule has 94 valence electrons. The number of amides is 1. The van der Waals surface area contributed by atoms with Crippen LogP contribution < -0.4 is 5.73 Å². The fraction of sp³-hybridized carbons (Fsp3) is 0.909. The maximum atomic E-state index is 11.9. The van der Waals surface area contributed by atoms with Gasteiger partial charge in [-0.3, -0.25) is 4.79 Å². The summed E-state index contributed by atoms with van der Waals surface area (Å²) in [7, 11) is 1.55. The summed E-state index contributed by atoms with van der Waals surface area (Å²) in [5.41, 5.74) is 4.72. The Morgan fingerprint density at radius 1 is 1.69 bits per heavy atom. The third-order valence-electron chi connectivity index (χ3n) is 3.03. The topological polar surface area (TPSA) is 75.8 Å². The zero-order chi connectivity index (χ0) is 12.2. The number of rotatable bonds is 4. The van der Waals surface area contributed by atoms with Crippen molar-refractivity contribution in [1.82, 2.24) is 4.90 Å². The SMILES string of the molecule is COC(CN)CC(=O)N1CCCC(C)(O)C1. The summed E-state index contributed by atoms with van der Waals surface area (Å²) in [6.07, 6.45) is 1.67. The summed E-state index contributed by atoms with van der Waals surface area (Å²) in [4.78, 5) is 13.6. The first-order valence-corrected chi connectivity index (χ1v) is 5.71. The Kier molecular flexibility index (Phi) is 4.70. The Bertz CT molecular complexity index is 239. The number of nitrogens with two attached hydrogens (primary N) is 1. The Morgan fingerprint density at radius 2 is 2.38 bits per heavy atom. The van der Waals surface area contributed by atoms with Crippen molar-refractivity contribution in [2.75, 3.05) is 26.7 Å². The number of nitrogens with zero attached hydrogens (tertiary/aromatic N) is 1. The van der Waals surface area contributed by atoms with Gasteiger partial charge in [-0.2, -0.15) is 0 Å². The molecule has 2 atom stereocenters. The molecule has 0 aromatic carbocycles. The molecule has 0 aliphatic carbocycles. The lowest BCUT2D eigenvalue weighted by atomic mass is 9.95. The lowest BCUT2D eigenvalue weighted by Gasteiger charge is -2.37. The predicted molar refractivity (Wildman–Crippen MR) is 60.9 cm³/mol.